The van der Waals surface area contributed by atoms with Crippen LogP contribution in [0.1, 0.15) is 38.2 Å². The van der Waals surface area contributed by atoms with Crippen molar-refractivity contribution in [3.05, 3.63) is 90.0 Å². The van der Waals surface area contributed by atoms with Crippen molar-refractivity contribution in [2.75, 3.05) is 31.0 Å². The summed E-state index contributed by atoms with van der Waals surface area (Å²) in [4.78, 5) is 29.4. The molecule has 0 aromatic heterocycles. The Labute approximate surface area is 227 Å². The average Bonchev–Trinajstić information content (AvgIpc) is 3.60. The molecule has 0 N–H and O–H groups in total. The highest BCUT2D eigenvalue weighted by Gasteiger charge is 2.44. The molecular formula is C33H36N2O3. The molecule has 0 spiro atoms. The van der Waals surface area contributed by atoms with Crippen LogP contribution in [0.4, 0.5) is 11.4 Å². The van der Waals surface area contributed by atoms with Gasteiger partial charge >= 0.3 is 5.97 Å². The maximum Gasteiger partial charge on any atom is 0.330 e. The molecule has 1 unspecified atom stereocenters. The van der Waals surface area contributed by atoms with Crippen molar-refractivity contribution >= 4 is 29.3 Å². The second kappa shape index (κ2) is 11.3. The SMILES string of the molecule is [2H]C(c1ccc(-c2ccc(N(C)C)cc2)cc1)N(C(=O)[C@@H]1C[C@@H]2CC[C@H]1C2)c1cccc(/C=C/C(=O)OC)c1. The average molecular weight is 510 g/mol. The van der Waals surface area contributed by atoms with Gasteiger partial charge in [-0.15, -0.1) is 0 Å². The smallest absolute Gasteiger partial charge is 0.330 e. The molecule has 2 aliphatic rings. The van der Waals surface area contributed by atoms with Crippen LogP contribution in [-0.4, -0.2) is 33.1 Å². The third-order valence-electron chi connectivity index (χ3n) is 7.96. The number of esters is 1. The summed E-state index contributed by atoms with van der Waals surface area (Å²) in [7, 11) is 5.38. The van der Waals surface area contributed by atoms with Gasteiger partial charge in [0.05, 0.1) is 15.0 Å². The van der Waals surface area contributed by atoms with Gasteiger partial charge in [-0.05, 0) is 83.7 Å². The Balaban J connectivity index is 1.44. The Hall–Kier alpha value is -3.86. The number of nitrogens with zero attached hydrogens (tertiary/aromatic N) is 2. The summed E-state index contributed by atoms with van der Waals surface area (Å²) >= 11 is 0. The van der Waals surface area contributed by atoms with E-state index >= 15 is 0 Å². The number of carbonyl (C=O) groups excluding carboxylic acids is 2. The van der Waals surface area contributed by atoms with E-state index < -0.39 is 12.5 Å². The first-order valence-corrected chi connectivity index (χ1v) is 13.3. The quantitative estimate of drug-likeness (QED) is 0.254. The summed E-state index contributed by atoms with van der Waals surface area (Å²) in [6, 6.07) is 23.8. The van der Waals surface area contributed by atoms with Crippen molar-refractivity contribution in [1.29, 1.82) is 0 Å². The van der Waals surface area contributed by atoms with E-state index in [4.69, 9.17) is 4.74 Å². The van der Waals surface area contributed by atoms with E-state index in [0.29, 0.717) is 17.5 Å². The first kappa shape index (κ1) is 24.5. The number of fused-ring (bicyclic) bond motifs is 2. The minimum Gasteiger partial charge on any atom is -0.466 e. The number of rotatable bonds is 8. The molecule has 2 aliphatic carbocycles. The van der Waals surface area contributed by atoms with Crippen LogP contribution in [0.5, 0.6) is 0 Å². The van der Waals surface area contributed by atoms with Crippen LogP contribution in [-0.2, 0) is 20.8 Å². The number of ether oxygens (including phenoxy) is 1. The fourth-order valence-electron chi connectivity index (χ4n) is 5.86. The Morgan fingerprint density at radius 3 is 2.26 bits per heavy atom. The minimum absolute atomic E-state index is 0.0275. The van der Waals surface area contributed by atoms with Crippen molar-refractivity contribution in [1.82, 2.24) is 0 Å². The predicted molar refractivity (Wildman–Crippen MR) is 154 cm³/mol. The highest BCUT2D eigenvalue weighted by atomic mass is 16.5. The number of hydrogen-bond donors (Lipinski definition) is 0. The molecule has 0 saturated heterocycles. The van der Waals surface area contributed by atoms with Crippen LogP contribution in [0.25, 0.3) is 17.2 Å². The van der Waals surface area contributed by atoms with Gasteiger partial charge in [-0.3, -0.25) is 4.79 Å². The molecule has 0 aliphatic heterocycles. The molecule has 38 heavy (non-hydrogen) atoms. The lowest BCUT2D eigenvalue weighted by Crippen LogP contribution is -2.38. The molecule has 2 saturated carbocycles. The van der Waals surface area contributed by atoms with E-state index in [9.17, 15) is 11.0 Å². The maximum atomic E-state index is 14.1. The van der Waals surface area contributed by atoms with Crippen LogP contribution < -0.4 is 9.80 Å². The molecule has 3 aromatic rings. The van der Waals surface area contributed by atoms with E-state index in [-0.39, 0.29) is 11.8 Å². The summed E-state index contributed by atoms with van der Waals surface area (Å²) in [6.07, 6.45) is 7.38. The van der Waals surface area contributed by atoms with E-state index in [2.05, 4.69) is 29.2 Å². The lowest BCUT2D eigenvalue weighted by molar-refractivity contribution is -0.134. The Morgan fingerprint density at radius 1 is 0.947 bits per heavy atom. The number of hydrogen-bond acceptors (Lipinski definition) is 4. The number of anilines is 2. The number of benzene rings is 3. The van der Waals surface area contributed by atoms with Crippen molar-refractivity contribution in [3.63, 3.8) is 0 Å². The van der Waals surface area contributed by atoms with Crippen LogP contribution in [0.2, 0.25) is 0 Å². The van der Waals surface area contributed by atoms with Gasteiger partial charge in [0.25, 0.3) is 0 Å². The van der Waals surface area contributed by atoms with Crippen LogP contribution in [0.15, 0.2) is 78.9 Å². The first-order valence-electron chi connectivity index (χ1n) is 13.9. The fraction of sp³-hybridized carbons (Fsp3) is 0.333. The molecule has 1 amide bonds. The lowest BCUT2D eigenvalue weighted by atomic mass is 9.87. The second-order valence-electron chi connectivity index (χ2n) is 10.6. The van der Waals surface area contributed by atoms with Gasteiger partial charge in [0.1, 0.15) is 0 Å². The molecule has 0 radical (unpaired) electrons. The molecule has 2 bridgehead atoms. The second-order valence-corrected chi connectivity index (χ2v) is 10.6. The Bertz CT molecular complexity index is 1350. The highest BCUT2D eigenvalue weighted by Crippen LogP contribution is 2.49. The van der Waals surface area contributed by atoms with Crippen molar-refractivity contribution in [2.24, 2.45) is 17.8 Å². The van der Waals surface area contributed by atoms with Crippen molar-refractivity contribution < 1.29 is 15.7 Å². The zero-order chi connectivity index (χ0) is 27.5. The monoisotopic (exact) mass is 509 g/mol. The summed E-state index contributed by atoms with van der Waals surface area (Å²) in [6.45, 7) is -0.887. The first-order chi connectivity index (χ1) is 18.8. The molecule has 0 heterocycles. The summed E-state index contributed by atoms with van der Waals surface area (Å²) in [5.74, 6) is 0.583. The number of carbonyl (C=O) groups is 2. The molecule has 196 valence electrons. The van der Waals surface area contributed by atoms with Gasteiger partial charge in [-0.2, -0.15) is 0 Å². The van der Waals surface area contributed by atoms with Crippen LogP contribution in [0.3, 0.4) is 0 Å². The Kier molecular flexibility index (Phi) is 7.25. The fourth-order valence-corrected chi connectivity index (χ4v) is 5.86. The molecule has 3 aromatic carbocycles. The molecule has 2 fully saturated rings. The standard InChI is InChI=1S/C33H36N2O3/c1-34(2)29-16-14-27(15-17-29)26-11-7-24(8-12-26)22-35(33(37)31-21-25-9-13-28(31)19-25)30-6-4-5-23(20-30)10-18-32(36)38-3/h4-8,10-12,14-18,20,25,28,31H,9,13,19,21-22H2,1-3H3/b18-10+/t25-,28+,31-/m1/s1/i22D/t22?,25-,28+,31-. The molecule has 5 heteroatoms. The van der Waals surface area contributed by atoms with Crippen LogP contribution in [0, 0.1) is 17.8 Å². The van der Waals surface area contributed by atoms with E-state index in [0.717, 1.165) is 47.2 Å². The van der Waals surface area contributed by atoms with Crippen LogP contribution >= 0.6 is 0 Å². The molecule has 5 nitrogen and oxygen atoms in total. The molecule has 4 atom stereocenters. The summed E-state index contributed by atoms with van der Waals surface area (Å²) in [5, 5.41) is 0. The summed E-state index contributed by atoms with van der Waals surface area (Å²) in [5.41, 5.74) is 5.51. The molecule has 5 rings (SSSR count). The van der Waals surface area contributed by atoms with Gasteiger partial charge in [-0.1, -0.05) is 55.0 Å². The zero-order valence-electron chi connectivity index (χ0n) is 23.3. The van der Waals surface area contributed by atoms with Gasteiger partial charge in [-0.25, -0.2) is 4.79 Å². The van der Waals surface area contributed by atoms with E-state index in [1.807, 2.05) is 62.6 Å². The third-order valence-corrected chi connectivity index (χ3v) is 7.96. The van der Waals surface area contributed by atoms with Crippen molar-refractivity contribution in [3.8, 4) is 11.1 Å². The van der Waals surface area contributed by atoms with Crippen molar-refractivity contribution in [2.45, 2.75) is 32.2 Å². The van der Waals surface area contributed by atoms with E-state index in [1.54, 1.807) is 11.0 Å². The van der Waals surface area contributed by atoms with E-state index in [1.165, 1.54) is 19.6 Å². The van der Waals surface area contributed by atoms with Gasteiger partial charge in [0, 0.05) is 37.5 Å². The largest absolute Gasteiger partial charge is 0.466 e. The van der Waals surface area contributed by atoms with Gasteiger partial charge < -0.3 is 14.5 Å². The number of amides is 1. The minimum atomic E-state index is -0.887. The van der Waals surface area contributed by atoms with Gasteiger partial charge in [0.15, 0.2) is 0 Å². The lowest BCUT2D eigenvalue weighted by Gasteiger charge is -2.30. The highest BCUT2D eigenvalue weighted by molar-refractivity contribution is 5.96. The number of methoxy groups -OCH3 is 1. The normalized spacial score (nSPS) is 21.2. The summed E-state index contributed by atoms with van der Waals surface area (Å²) < 4.78 is 14.0. The van der Waals surface area contributed by atoms with Gasteiger partial charge in [0.2, 0.25) is 5.91 Å². The topological polar surface area (TPSA) is 49.9 Å². The predicted octanol–water partition coefficient (Wildman–Crippen LogP) is 6.58. The molecular weight excluding hydrogens is 472 g/mol. The third kappa shape index (κ3) is 5.67. The Morgan fingerprint density at radius 2 is 1.66 bits per heavy atom. The maximum absolute atomic E-state index is 14.1. The zero-order valence-corrected chi connectivity index (χ0v) is 22.3.